The molecule has 0 radical (unpaired) electrons. The Kier molecular flexibility index (Phi) is 9.24. The van der Waals surface area contributed by atoms with Gasteiger partial charge in [0.25, 0.3) is 0 Å². The molecule has 0 spiro atoms. The number of nitrogens with one attached hydrogen (secondary N) is 1. The second-order valence-electron chi connectivity index (χ2n) is 8.07. The van der Waals surface area contributed by atoms with Crippen LogP contribution in [0.5, 0.6) is 5.75 Å². The number of likely N-dealkylation sites (tertiary alicyclic amines) is 1. The number of halogens is 2. The van der Waals surface area contributed by atoms with Gasteiger partial charge in [-0.3, -0.25) is 9.59 Å². The number of ether oxygens (including phenoxy) is 1. The lowest BCUT2D eigenvalue weighted by atomic mass is 9.93. The minimum absolute atomic E-state index is 0.0105. The first-order chi connectivity index (χ1) is 15.5. The topological polar surface area (TPSA) is 58.6 Å². The Morgan fingerprint density at radius 3 is 2.50 bits per heavy atom. The Hall–Kier alpha value is -2.24. The van der Waals surface area contributed by atoms with E-state index in [0.29, 0.717) is 48.3 Å². The van der Waals surface area contributed by atoms with Crippen molar-refractivity contribution in [2.45, 2.75) is 51.0 Å². The summed E-state index contributed by atoms with van der Waals surface area (Å²) in [4.78, 5) is 27.2. The molecule has 1 fully saturated rings. The third-order valence-corrected chi connectivity index (χ3v) is 6.31. The number of carbonyl (C=O) groups is 2. The molecular weight excluding hydrogens is 447 g/mol. The normalized spacial score (nSPS) is 15.3. The number of nitrogens with zero attached hydrogens (tertiary/aromatic N) is 1. The van der Waals surface area contributed by atoms with Crippen LogP contribution in [0.3, 0.4) is 0 Å². The summed E-state index contributed by atoms with van der Waals surface area (Å²) in [5.41, 5.74) is 1.07. The molecule has 2 aromatic carbocycles. The number of piperidine rings is 1. The first-order valence-electron chi connectivity index (χ1n) is 11.2. The maximum Gasteiger partial charge on any atom is 0.230 e. The molecule has 0 bridgehead atoms. The second kappa shape index (κ2) is 12.1. The highest BCUT2D eigenvalue weighted by Crippen LogP contribution is 2.27. The number of carbonyl (C=O) groups excluding carboxylic acids is 2. The van der Waals surface area contributed by atoms with E-state index < -0.39 is 0 Å². The lowest BCUT2D eigenvalue weighted by Crippen LogP contribution is -2.47. The largest absolute Gasteiger partial charge is 0.492 e. The molecule has 172 valence electrons. The molecule has 2 amide bonds. The molecule has 32 heavy (non-hydrogen) atoms. The molecule has 3 rings (SSSR count). The van der Waals surface area contributed by atoms with Crippen molar-refractivity contribution in [3.05, 3.63) is 64.1 Å². The van der Waals surface area contributed by atoms with Crippen LogP contribution in [-0.4, -0.2) is 42.5 Å². The van der Waals surface area contributed by atoms with Crippen molar-refractivity contribution in [3.63, 3.8) is 0 Å². The summed E-state index contributed by atoms with van der Waals surface area (Å²) in [6.07, 6.45) is 3.32. The Labute approximate surface area is 200 Å². The molecule has 1 saturated heterocycles. The SMILES string of the molecule is CCC(C(=O)N1CCC(NC(=O)CCCOc2ccc(Cl)cc2Cl)CC1)c1ccccc1. The molecule has 0 aliphatic carbocycles. The summed E-state index contributed by atoms with van der Waals surface area (Å²) in [6, 6.07) is 15.1. The Morgan fingerprint density at radius 1 is 1.12 bits per heavy atom. The van der Waals surface area contributed by atoms with Crippen LogP contribution in [0.1, 0.15) is 50.5 Å². The van der Waals surface area contributed by atoms with Gasteiger partial charge in [-0.2, -0.15) is 0 Å². The molecule has 2 aromatic rings. The van der Waals surface area contributed by atoms with E-state index in [9.17, 15) is 9.59 Å². The lowest BCUT2D eigenvalue weighted by Gasteiger charge is -2.34. The minimum Gasteiger partial charge on any atom is -0.492 e. The first kappa shape index (κ1) is 24.4. The fourth-order valence-corrected chi connectivity index (χ4v) is 4.47. The van der Waals surface area contributed by atoms with Crippen LogP contribution < -0.4 is 10.1 Å². The molecule has 0 saturated carbocycles. The van der Waals surface area contributed by atoms with E-state index in [1.165, 1.54) is 0 Å². The zero-order valence-corrected chi connectivity index (χ0v) is 19.9. The van der Waals surface area contributed by atoms with Gasteiger partial charge in [0.05, 0.1) is 17.5 Å². The zero-order chi connectivity index (χ0) is 22.9. The number of hydrogen-bond donors (Lipinski definition) is 1. The highest BCUT2D eigenvalue weighted by Gasteiger charge is 2.28. The Morgan fingerprint density at radius 2 is 1.84 bits per heavy atom. The minimum atomic E-state index is -0.100. The number of rotatable bonds is 9. The van der Waals surface area contributed by atoms with Gasteiger partial charge in [0.15, 0.2) is 0 Å². The fourth-order valence-electron chi connectivity index (χ4n) is 4.01. The van der Waals surface area contributed by atoms with Crippen molar-refractivity contribution < 1.29 is 14.3 Å². The summed E-state index contributed by atoms with van der Waals surface area (Å²) >= 11 is 12.0. The van der Waals surface area contributed by atoms with Crippen molar-refractivity contribution in [1.82, 2.24) is 10.2 Å². The molecule has 1 N–H and O–H groups in total. The molecule has 1 aliphatic rings. The zero-order valence-electron chi connectivity index (χ0n) is 18.4. The first-order valence-corrected chi connectivity index (χ1v) is 11.9. The monoisotopic (exact) mass is 476 g/mol. The molecular formula is C25H30Cl2N2O3. The van der Waals surface area contributed by atoms with Crippen LogP contribution in [0.4, 0.5) is 0 Å². The van der Waals surface area contributed by atoms with Crippen LogP contribution in [0.15, 0.2) is 48.5 Å². The van der Waals surface area contributed by atoms with Crippen molar-refractivity contribution >= 4 is 35.0 Å². The van der Waals surface area contributed by atoms with Gasteiger partial charge in [-0.25, -0.2) is 0 Å². The van der Waals surface area contributed by atoms with E-state index in [-0.39, 0.29) is 23.8 Å². The van der Waals surface area contributed by atoms with Gasteiger partial charge in [-0.1, -0.05) is 60.5 Å². The highest BCUT2D eigenvalue weighted by molar-refractivity contribution is 6.35. The van der Waals surface area contributed by atoms with E-state index in [4.69, 9.17) is 27.9 Å². The molecule has 5 nitrogen and oxygen atoms in total. The van der Waals surface area contributed by atoms with Gasteiger partial charge in [0.2, 0.25) is 11.8 Å². The fraction of sp³-hybridized carbons (Fsp3) is 0.440. The number of benzene rings is 2. The average Bonchev–Trinajstić information content (AvgIpc) is 2.79. The molecule has 1 unspecified atom stereocenters. The van der Waals surface area contributed by atoms with Crippen LogP contribution in [0.25, 0.3) is 0 Å². The maximum atomic E-state index is 13.0. The van der Waals surface area contributed by atoms with Gasteiger partial charge in [-0.05, 0) is 49.4 Å². The van der Waals surface area contributed by atoms with E-state index in [0.717, 1.165) is 24.8 Å². The molecule has 1 atom stereocenters. The molecule has 1 heterocycles. The van der Waals surface area contributed by atoms with Gasteiger partial charge in [0.1, 0.15) is 5.75 Å². The summed E-state index contributed by atoms with van der Waals surface area (Å²) in [7, 11) is 0. The smallest absolute Gasteiger partial charge is 0.230 e. The van der Waals surface area contributed by atoms with Crippen molar-refractivity contribution in [3.8, 4) is 5.75 Å². The summed E-state index contributed by atoms with van der Waals surface area (Å²) in [5, 5.41) is 4.11. The maximum absolute atomic E-state index is 13.0. The van der Waals surface area contributed by atoms with Crippen LogP contribution >= 0.6 is 23.2 Å². The third-order valence-electron chi connectivity index (χ3n) is 5.78. The van der Waals surface area contributed by atoms with E-state index in [2.05, 4.69) is 5.32 Å². The van der Waals surface area contributed by atoms with E-state index in [1.807, 2.05) is 42.2 Å². The van der Waals surface area contributed by atoms with Crippen molar-refractivity contribution in [2.75, 3.05) is 19.7 Å². The second-order valence-corrected chi connectivity index (χ2v) is 8.91. The predicted octanol–water partition coefficient (Wildman–Crippen LogP) is 5.45. The summed E-state index contributed by atoms with van der Waals surface area (Å²) < 4.78 is 5.63. The van der Waals surface area contributed by atoms with Crippen LogP contribution in [-0.2, 0) is 9.59 Å². The average molecular weight is 477 g/mol. The predicted molar refractivity (Wildman–Crippen MR) is 128 cm³/mol. The number of amides is 2. The summed E-state index contributed by atoms with van der Waals surface area (Å²) in [6.45, 7) is 3.79. The molecule has 7 heteroatoms. The van der Waals surface area contributed by atoms with Gasteiger partial charge in [0, 0.05) is 30.6 Å². The van der Waals surface area contributed by atoms with Crippen LogP contribution in [0.2, 0.25) is 10.0 Å². The standard InChI is InChI=1S/C25H30Cl2N2O3/c1-2-21(18-7-4-3-5-8-18)25(31)29-14-12-20(13-15-29)28-24(30)9-6-16-32-23-11-10-19(26)17-22(23)27/h3-5,7-8,10-11,17,20-21H,2,6,9,12-16H2,1H3,(H,28,30). The Balaban J connectivity index is 1.37. The third kappa shape index (κ3) is 6.88. The van der Waals surface area contributed by atoms with E-state index in [1.54, 1.807) is 18.2 Å². The van der Waals surface area contributed by atoms with Gasteiger partial charge >= 0.3 is 0 Å². The highest BCUT2D eigenvalue weighted by atomic mass is 35.5. The van der Waals surface area contributed by atoms with Crippen LogP contribution in [0, 0.1) is 0 Å². The van der Waals surface area contributed by atoms with Gasteiger partial charge in [-0.15, -0.1) is 0 Å². The summed E-state index contributed by atoms with van der Waals surface area (Å²) in [5.74, 6) is 0.656. The lowest BCUT2D eigenvalue weighted by molar-refractivity contribution is -0.134. The van der Waals surface area contributed by atoms with Gasteiger partial charge < -0.3 is 15.0 Å². The van der Waals surface area contributed by atoms with Crippen molar-refractivity contribution in [2.24, 2.45) is 0 Å². The molecule has 1 aliphatic heterocycles. The van der Waals surface area contributed by atoms with E-state index >= 15 is 0 Å². The molecule has 0 aromatic heterocycles. The quantitative estimate of drug-likeness (QED) is 0.489. The Bertz CT molecular complexity index is 899. The van der Waals surface area contributed by atoms with Crippen molar-refractivity contribution in [1.29, 1.82) is 0 Å². The number of hydrogen-bond acceptors (Lipinski definition) is 3.